The first kappa shape index (κ1) is 27.9. The number of aliphatic hydroxyl groups is 1. The number of carbonyl (C=O) groups is 1. The maximum absolute atomic E-state index is 13.6. The van der Waals surface area contributed by atoms with E-state index < -0.39 is 23.2 Å². The van der Waals surface area contributed by atoms with Crippen molar-refractivity contribution in [2.24, 2.45) is 0 Å². The molecule has 6 atom stereocenters. The molecule has 3 aromatic carbocycles. The number of rotatable bonds is 7. The summed E-state index contributed by atoms with van der Waals surface area (Å²) in [7, 11) is 1.84. The van der Waals surface area contributed by atoms with Crippen molar-refractivity contribution in [1.29, 1.82) is 5.26 Å². The number of amides is 1. The van der Waals surface area contributed by atoms with Gasteiger partial charge in [0.15, 0.2) is 11.5 Å². The lowest BCUT2D eigenvalue weighted by atomic mass is 9.47. The number of phenolic OH excluding ortho intramolecular Hbond substituents is 1. The molecule has 7 rings (SSSR count). The second-order valence-corrected chi connectivity index (χ2v) is 13.0. The highest BCUT2D eigenvalue weighted by atomic mass is 16.5. The summed E-state index contributed by atoms with van der Waals surface area (Å²) < 4.78 is 6.66. The molecule has 7 nitrogen and oxygen atoms in total. The van der Waals surface area contributed by atoms with Gasteiger partial charge in [0.1, 0.15) is 6.10 Å². The van der Waals surface area contributed by atoms with Gasteiger partial charge >= 0.3 is 0 Å². The second kappa shape index (κ2) is 10.4. The minimum absolute atomic E-state index is 0.0295. The number of piperidine rings is 1. The molecule has 1 saturated carbocycles. The van der Waals surface area contributed by atoms with Crippen molar-refractivity contribution in [3.63, 3.8) is 0 Å². The highest BCUT2D eigenvalue weighted by Gasteiger charge is 2.74. The Balaban J connectivity index is 1.23. The Morgan fingerprint density at radius 2 is 1.91 bits per heavy atom. The molecule has 4 aliphatic rings. The molecule has 0 radical (unpaired) electrons. The molecule has 3 aromatic rings. The van der Waals surface area contributed by atoms with E-state index in [0.717, 1.165) is 23.1 Å². The zero-order valence-electron chi connectivity index (χ0n) is 24.9. The van der Waals surface area contributed by atoms with Gasteiger partial charge < -0.3 is 19.8 Å². The summed E-state index contributed by atoms with van der Waals surface area (Å²) >= 11 is 0. The number of likely N-dealkylation sites (tertiary alicyclic amines) is 1. The number of nitrogens with zero attached hydrogens (tertiary/aromatic N) is 3. The van der Waals surface area contributed by atoms with Crippen molar-refractivity contribution in [3.8, 4) is 17.6 Å². The largest absolute Gasteiger partial charge is 0.504 e. The number of likely N-dealkylation sites (N-methyl/N-ethyl adjacent to an activating group) is 1. The molecule has 2 aliphatic carbocycles. The van der Waals surface area contributed by atoms with E-state index in [1.165, 1.54) is 11.1 Å². The van der Waals surface area contributed by atoms with Crippen LogP contribution in [0.15, 0.2) is 66.7 Å². The fraction of sp³-hybridized carbons (Fsp3) is 0.444. The standard InChI is InChI=1S/C36H39N3O4/c1-23-7-6-10-25(19-23)11-14-31(41)38(2)28-15-17-36(42)30-20-26-12-13-29(40)33-32(26)35(36,34(28)43-33)21-27(22-37)39(30)18-16-24-8-4-3-5-9-24/h3-10,12-13,19,27-28,30,34,40,42H,11,14-18,20-21H2,1-2H3/t27?,28?,30-,34?,35+,36-/m1/s1. The van der Waals surface area contributed by atoms with E-state index in [9.17, 15) is 20.3 Å². The smallest absolute Gasteiger partial charge is 0.223 e. The second-order valence-electron chi connectivity index (χ2n) is 13.0. The number of carbonyl (C=O) groups excluding carboxylic acids is 1. The third kappa shape index (κ3) is 4.18. The van der Waals surface area contributed by atoms with Gasteiger partial charge in [0.2, 0.25) is 5.91 Å². The van der Waals surface area contributed by atoms with Gasteiger partial charge in [-0.1, -0.05) is 66.2 Å². The molecule has 2 bridgehead atoms. The lowest BCUT2D eigenvalue weighted by Gasteiger charge is -2.65. The molecule has 7 heteroatoms. The van der Waals surface area contributed by atoms with Crippen LogP contribution >= 0.6 is 0 Å². The number of phenols is 1. The summed E-state index contributed by atoms with van der Waals surface area (Å²) in [6, 6.07) is 23.7. The Morgan fingerprint density at radius 3 is 2.67 bits per heavy atom. The first-order valence-electron chi connectivity index (χ1n) is 15.5. The molecule has 0 aromatic heterocycles. The number of ether oxygens (including phenoxy) is 1. The lowest BCUT2D eigenvalue weighted by molar-refractivity contribution is -0.207. The number of aromatic hydroxyl groups is 1. The molecule has 3 unspecified atom stereocenters. The Labute approximate surface area is 253 Å². The molecule has 2 N–H and O–H groups in total. The number of nitriles is 1. The summed E-state index contributed by atoms with van der Waals surface area (Å²) in [5.41, 5.74) is 3.36. The Kier molecular flexibility index (Phi) is 6.76. The van der Waals surface area contributed by atoms with Gasteiger partial charge in [-0.15, -0.1) is 0 Å². The first-order chi connectivity index (χ1) is 20.8. The molecular formula is C36H39N3O4. The predicted octanol–water partition coefficient (Wildman–Crippen LogP) is 4.45. The number of aryl methyl sites for hydroxylation is 2. The van der Waals surface area contributed by atoms with Crippen LogP contribution in [-0.2, 0) is 29.5 Å². The summed E-state index contributed by atoms with van der Waals surface area (Å²) in [5, 5.41) is 34.4. The van der Waals surface area contributed by atoms with Gasteiger partial charge in [-0.2, -0.15) is 5.26 Å². The summed E-state index contributed by atoms with van der Waals surface area (Å²) in [5.74, 6) is 0.499. The highest BCUT2D eigenvalue weighted by molar-refractivity contribution is 5.77. The van der Waals surface area contributed by atoms with Crippen LogP contribution in [-0.4, -0.2) is 69.3 Å². The molecule has 1 amide bonds. The molecule has 43 heavy (non-hydrogen) atoms. The van der Waals surface area contributed by atoms with Crippen LogP contribution in [0.2, 0.25) is 0 Å². The van der Waals surface area contributed by atoms with Gasteiger partial charge in [-0.3, -0.25) is 9.69 Å². The zero-order chi connectivity index (χ0) is 29.9. The van der Waals surface area contributed by atoms with Crippen LogP contribution in [0, 0.1) is 18.3 Å². The highest BCUT2D eigenvalue weighted by Crippen LogP contribution is 2.66. The topological polar surface area (TPSA) is 97.0 Å². The maximum Gasteiger partial charge on any atom is 0.223 e. The fourth-order valence-corrected chi connectivity index (χ4v) is 8.85. The first-order valence-corrected chi connectivity index (χ1v) is 15.5. The zero-order valence-corrected chi connectivity index (χ0v) is 24.9. The van der Waals surface area contributed by atoms with E-state index in [1.807, 2.05) is 42.3 Å². The van der Waals surface area contributed by atoms with Crippen LogP contribution in [0.4, 0.5) is 0 Å². The molecule has 2 heterocycles. The molecule has 2 fully saturated rings. The van der Waals surface area contributed by atoms with E-state index in [4.69, 9.17) is 4.74 Å². The van der Waals surface area contributed by atoms with E-state index >= 15 is 0 Å². The Bertz CT molecular complexity index is 1600. The average molecular weight is 578 g/mol. The van der Waals surface area contributed by atoms with Crippen molar-refractivity contribution in [2.75, 3.05) is 13.6 Å². The number of hydrogen-bond acceptors (Lipinski definition) is 6. The van der Waals surface area contributed by atoms with E-state index in [-0.39, 0.29) is 23.7 Å². The van der Waals surface area contributed by atoms with Crippen molar-refractivity contribution >= 4 is 5.91 Å². The van der Waals surface area contributed by atoms with Gasteiger partial charge in [0.25, 0.3) is 0 Å². The minimum atomic E-state index is -1.16. The average Bonchev–Trinajstić information content (AvgIpc) is 3.36. The summed E-state index contributed by atoms with van der Waals surface area (Å²) in [4.78, 5) is 17.7. The number of benzene rings is 3. The fourth-order valence-electron chi connectivity index (χ4n) is 8.85. The normalized spacial score (nSPS) is 30.2. The van der Waals surface area contributed by atoms with Crippen LogP contribution in [0.3, 0.4) is 0 Å². The molecule has 1 saturated heterocycles. The maximum atomic E-state index is 13.6. The van der Waals surface area contributed by atoms with Gasteiger partial charge in [0, 0.05) is 31.6 Å². The third-order valence-electron chi connectivity index (χ3n) is 10.9. The number of hydrogen-bond donors (Lipinski definition) is 2. The van der Waals surface area contributed by atoms with Gasteiger partial charge in [0.05, 0.1) is 29.2 Å². The Morgan fingerprint density at radius 1 is 1.12 bits per heavy atom. The molecule has 1 spiro atoms. The van der Waals surface area contributed by atoms with Crippen LogP contribution in [0.25, 0.3) is 0 Å². The van der Waals surface area contributed by atoms with Crippen molar-refractivity contribution in [1.82, 2.24) is 9.80 Å². The van der Waals surface area contributed by atoms with Gasteiger partial charge in [-0.05, 0) is 68.2 Å². The summed E-state index contributed by atoms with van der Waals surface area (Å²) in [6.45, 7) is 2.72. The van der Waals surface area contributed by atoms with Crippen LogP contribution in [0.1, 0.15) is 53.5 Å². The van der Waals surface area contributed by atoms with E-state index in [2.05, 4.69) is 48.2 Å². The SMILES string of the molecule is Cc1cccc(CCC(=O)N(C)C2CC[C@@]3(O)[C@H]4Cc5ccc(O)c6c5[C@@]3(CC(C#N)N4CCc3ccccc3)C2O6)c1. The monoisotopic (exact) mass is 577 g/mol. The van der Waals surface area contributed by atoms with Gasteiger partial charge in [-0.25, -0.2) is 0 Å². The third-order valence-corrected chi connectivity index (χ3v) is 10.9. The molecule has 222 valence electrons. The minimum Gasteiger partial charge on any atom is -0.504 e. The summed E-state index contributed by atoms with van der Waals surface area (Å²) in [6.07, 6.45) is 3.30. The Hall–Kier alpha value is -3.86. The quantitative estimate of drug-likeness (QED) is 0.431. The van der Waals surface area contributed by atoms with Crippen molar-refractivity contribution < 1.29 is 19.7 Å². The van der Waals surface area contributed by atoms with Crippen molar-refractivity contribution in [2.45, 2.75) is 87.1 Å². The van der Waals surface area contributed by atoms with E-state index in [0.29, 0.717) is 50.8 Å². The van der Waals surface area contributed by atoms with Crippen LogP contribution < -0.4 is 4.74 Å². The van der Waals surface area contributed by atoms with Crippen molar-refractivity contribution in [3.05, 3.63) is 94.5 Å². The van der Waals surface area contributed by atoms with E-state index in [1.54, 1.807) is 6.07 Å². The molecule has 2 aliphatic heterocycles. The molecular weight excluding hydrogens is 538 g/mol. The lowest BCUT2D eigenvalue weighted by Crippen LogP contribution is -2.79. The predicted molar refractivity (Wildman–Crippen MR) is 163 cm³/mol. The van der Waals surface area contributed by atoms with Crippen LogP contribution in [0.5, 0.6) is 11.5 Å².